The van der Waals surface area contributed by atoms with E-state index in [0.717, 1.165) is 29.9 Å². The fourth-order valence-electron chi connectivity index (χ4n) is 5.23. The Morgan fingerprint density at radius 3 is 2.37 bits per heavy atom. The third kappa shape index (κ3) is 8.49. The molecule has 3 heterocycles. The second-order valence-electron chi connectivity index (χ2n) is 11.3. The summed E-state index contributed by atoms with van der Waals surface area (Å²) in [5.41, 5.74) is 3.72. The first-order valence-electron chi connectivity index (χ1n) is 15.3. The molecule has 0 saturated carbocycles. The highest BCUT2D eigenvalue weighted by atomic mass is 32.2. The predicted molar refractivity (Wildman–Crippen MR) is 182 cm³/mol. The average Bonchev–Trinajstić information content (AvgIpc) is 3.04. The molecule has 2 unspecified atom stereocenters. The number of anilines is 1. The number of rotatable bonds is 12. The van der Waals surface area contributed by atoms with Crippen molar-refractivity contribution in [2.75, 3.05) is 50.8 Å². The molecule has 46 heavy (non-hydrogen) atoms. The topological polar surface area (TPSA) is 130 Å². The molecule has 1 fully saturated rings. The van der Waals surface area contributed by atoms with Crippen LogP contribution in [0.2, 0.25) is 0 Å². The summed E-state index contributed by atoms with van der Waals surface area (Å²) < 4.78 is 6.78. The van der Waals surface area contributed by atoms with Crippen LogP contribution in [0, 0.1) is 27.7 Å². The van der Waals surface area contributed by atoms with Crippen molar-refractivity contribution in [3.8, 4) is 5.75 Å². The molecule has 1 aromatic carbocycles. The number of pyridine rings is 1. The number of piperazine rings is 1. The van der Waals surface area contributed by atoms with Crippen molar-refractivity contribution in [3.05, 3.63) is 88.6 Å². The number of ether oxygens (including phenoxy) is 1. The van der Waals surface area contributed by atoms with Crippen molar-refractivity contribution in [3.63, 3.8) is 0 Å². The third-order valence-electron chi connectivity index (χ3n) is 7.89. The van der Waals surface area contributed by atoms with E-state index in [0.29, 0.717) is 54.7 Å². The summed E-state index contributed by atoms with van der Waals surface area (Å²) in [4.78, 5) is 56.4. The van der Waals surface area contributed by atoms with E-state index < -0.39 is 6.10 Å². The van der Waals surface area contributed by atoms with E-state index in [2.05, 4.69) is 32.1 Å². The third-order valence-corrected chi connectivity index (χ3v) is 8.90. The molecule has 12 heteroatoms. The SMILES string of the molecule is C=CC(=O)N1CCN(CC(SC)C(Oc2cc(C)c(C(=O)Nc3nc(C)ncc3C)cc2C(=O)NCC)c2ccc(C)cn2)CC1. The Hall–Kier alpha value is -4.29. The number of aromatic nitrogens is 3. The van der Waals surface area contributed by atoms with Crippen molar-refractivity contribution in [1.82, 2.24) is 30.1 Å². The monoisotopic (exact) mass is 645 g/mol. The first-order valence-corrected chi connectivity index (χ1v) is 16.6. The van der Waals surface area contributed by atoms with Crippen LogP contribution in [0.1, 0.15) is 62.0 Å². The van der Waals surface area contributed by atoms with Gasteiger partial charge in [-0.25, -0.2) is 9.97 Å². The smallest absolute Gasteiger partial charge is 0.257 e. The number of nitrogens with zero attached hydrogens (tertiary/aromatic N) is 5. The summed E-state index contributed by atoms with van der Waals surface area (Å²) in [6, 6.07) is 7.28. The summed E-state index contributed by atoms with van der Waals surface area (Å²) in [6.45, 7) is 16.6. The number of benzene rings is 1. The lowest BCUT2D eigenvalue weighted by Crippen LogP contribution is -2.50. The van der Waals surface area contributed by atoms with E-state index in [4.69, 9.17) is 9.72 Å². The highest BCUT2D eigenvalue weighted by molar-refractivity contribution is 7.99. The Bertz CT molecular complexity index is 1570. The van der Waals surface area contributed by atoms with Crippen LogP contribution in [-0.2, 0) is 4.79 Å². The molecule has 3 amide bonds. The molecule has 1 aliphatic rings. The van der Waals surface area contributed by atoms with Gasteiger partial charge in [0.25, 0.3) is 11.8 Å². The van der Waals surface area contributed by atoms with Crippen molar-refractivity contribution < 1.29 is 19.1 Å². The Morgan fingerprint density at radius 1 is 1.00 bits per heavy atom. The number of carbonyl (C=O) groups excluding carboxylic acids is 3. The molecule has 0 bridgehead atoms. The highest BCUT2D eigenvalue weighted by Gasteiger charge is 2.31. The summed E-state index contributed by atoms with van der Waals surface area (Å²) >= 11 is 1.66. The fourth-order valence-corrected chi connectivity index (χ4v) is 6.03. The van der Waals surface area contributed by atoms with Crippen molar-refractivity contribution >= 4 is 35.3 Å². The summed E-state index contributed by atoms with van der Waals surface area (Å²) in [6.07, 6.45) is 6.34. The van der Waals surface area contributed by atoms with Gasteiger partial charge in [-0.1, -0.05) is 12.6 Å². The average molecular weight is 646 g/mol. The quantitative estimate of drug-likeness (QED) is 0.277. The molecule has 0 spiro atoms. The van der Waals surface area contributed by atoms with Crippen molar-refractivity contribution in [2.45, 2.75) is 46.0 Å². The number of thioether (sulfide) groups is 1. The number of aryl methyl sites for hydroxylation is 4. The van der Waals surface area contributed by atoms with Gasteiger partial charge >= 0.3 is 0 Å². The molecule has 2 aromatic heterocycles. The number of hydrogen-bond acceptors (Lipinski definition) is 9. The molecule has 4 rings (SSSR count). The zero-order valence-corrected chi connectivity index (χ0v) is 28.2. The van der Waals surface area contributed by atoms with Crippen LogP contribution in [0.3, 0.4) is 0 Å². The zero-order chi connectivity index (χ0) is 33.4. The van der Waals surface area contributed by atoms with Crippen LogP contribution in [-0.4, -0.2) is 93.2 Å². The minimum absolute atomic E-state index is 0.0567. The van der Waals surface area contributed by atoms with Gasteiger partial charge in [0.1, 0.15) is 17.4 Å². The molecular formula is C34H43N7O4S. The number of hydrogen-bond donors (Lipinski definition) is 2. The van der Waals surface area contributed by atoms with Gasteiger partial charge in [-0.15, -0.1) is 0 Å². The van der Waals surface area contributed by atoms with Gasteiger partial charge in [0.05, 0.1) is 16.5 Å². The molecule has 0 aliphatic carbocycles. The van der Waals surface area contributed by atoms with E-state index in [-0.39, 0.29) is 28.5 Å². The lowest BCUT2D eigenvalue weighted by atomic mass is 10.0. The van der Waals surface area contributed by atoms with E-state index >= 15 is 0 Å². The zero-order valence-electron chi connectivity index (χ0n) is 27.4. The number of nitrogens with one attached hydrogen (secondary N) is 2. The van der Waals surface area contributed by atoms with Gasteiger partial charge in [0.2, 0.25) is 5.91 Å². The molecule has 0 radical (unpaired) electrons. The Morgan fingerprint density at radius 2 is 1.74 bits per heavy atom. The second-order valence-corrected chi connectivity index (χ2v) is 12.4. The van der Waals surface area contributed by atoms with Crippen LogP contribution in [0.5, 0.6) is 5.75 Å². The van der Waals surface area contributed by atoms with E-state index in [1.807, 2.05) is 52.3 Å². The van der Waals surface area contributed by atoms with Crippen molar-refractivity contribution in [1.29, 1.82) is 0 Å². The largest absolute Gasteiger partial charge is 0.482 e. The van der Waals surface area contributed by atoms with Crippen molar-refractivity contribution in [2.24, 2.45) is 0 Å². The molecule has 244 valence electrons. The maximum absolute atomic E-state index is 13.5. The van der Waals surface area contributed by atoms with Gasteiger partial charge in [-0.2, -0.15) is 11.8 Å². The molecule has 3 aromatic rings. The van der Waals surface area contributed by atoms with Crippen LogP contribution < -0.4 is 15.4 Å². The van der Waals surface area contributed by atoms with E-state index in [1.54, 1.807) is 41.9 Å². The fraction of sp³-hybridized carbons (Fsp3) is 0.412. The summed E-state index contributed by atoms with van der Waals surface area (Å²) in [5.74, 6) is 0.527. The standard InChI is InChI=1S/C34H43N7O4S/c1-8-30(42)41-14-12-40(13-15-41)20-29(46-7)31(27-11-10-21(3)18-37-27)45-28-16-22(4)25(17-26(28)33(43)35-9-2)34(44)39-32-23(5)19-36-24(6)38-32/h8,10-11,16-19,29,31H,1,9,12-15,20H2,2-7H3,(H,35,43)(H,36,38,39,44). The predicted octanol–water partition coefficient (Wildman–Crippen LogP) is 4.29. The van der Waals surface area contributed by atoms with Gasteiger partial charge in [-0.05, 0) is 76.3 Å². The maximum Gasteiger partial charge on any atom is 0.257 e. The minimum Gasteiger partial charge on any atom is -0.482 e. The first-order chi connectivity index (χ1) is 22.0. The van der Waals surface area contributed by atoms with Crippen LogP contribution >= 0.6 is 11.8 Å². The van der Waals surface area contributed by atoms with Gasteiger partial charge in [0, 0.05) is 62.8 Å². The molecule has 1 aliphatic heterocycles. The summed E-state index contributed by atoms with van der Waals surface area (Å²) in [5, 5.41) is 5.67. The van der Waals surface area contributed by atoms with Crippen LogP contribution in [0.4, 0.5) is 5.82 Å². The normalized spacial score (nSPS) is 14.7. The lowest BCUT2D eigenvalue weighted by Gasteiger charge is -2.37. The first kappa shape index (κ1) is 34.6. The van der Waals surface area contributed by atoms with Crippen LogP contribution in [0.25, 0.3) is 0 Å². The molecule has 11 nitrogen and oxygen atoms in total. The lowest BCUT2D eigenvalue weighted by molar-refractivity contribution is -0.127. The van der Waals surface area contributed by atoms with E-state index in [9.17, 15) is 14.4 Å². The van der Waals surface area contributed by atoms with Gasteiger partial charge in [-0.3, -0.25) is 24.3 Å². The van der Waals surface area contributed by atoms with E-state index in [1.165, 1.54) is 6.08 Å². The Balaban J connectivity index is 1.68. The Labute approximate surface area is 275 Å². The van der Waals surface area contributed by atoms with Crippen LogP contribution in [0.15, 0.2) is 49.3 Å². The number of amides is 3. The minimum atomic E-state index is -0.512. The van der Waals surface area contributed by atoms with Gasteiger partial charge < -0.3 is 20.3 Å². The molecule has 2 atom stereocenters. The summed E-state index contributed by atoms with van der Waals surface area (Å²) in [7, 11) is 0. The Kier molecular flexibility index (Phi) is 11.9. The second kappa shape index (κ2) is 15.8. The van der Waals surface area contributed by atoms with Gasteiger partial charge in [0.15, 0.2) is 6.10 Å². The highest BCUT2D eigenvalue weighted by Crippen LogP contribution is 2.34. The molecule has 1 saturated heterocycles. The maximum atomic E-state index is 13.5. The number of carbonyl (C=O) groups is 3. The molecular weight excluding hydrogens is 602 g/mol. The molecule has 2 N–H and O–H groups in total.